The minimum atomic E-state index is -4.65. The molecule has 0 radical (unpaired) electrons. The molecule has 2 aromatic heterocycles. The van der Waals surface area contributed by atoms with Crippen LogP contribution in [0.4, 0.5) is 22.0 Å². The first-order valence-electron chi connectivity index (χ1n) is 14.7. The van der Waals surface area contributed by atoms with Crippen LogP contribution in [0.1, 0.15) is 99.8 Å². The molecule has 5 rings (SSSR count). The number of nitrogens with one attached hydrogen (secondary N) is 3. The maximum Gasteiger partial charge on any atom is 0.416 e. The Balaban J connectivity index is 1.37. The lowest BCUT2D eigenvalue weighted by atomic mass is 9.79. The molecule has 2 amide bonds. The number of aromatic nitrogens is 4. The predicted molar refractivity (Wildman–Crippen MR) is 151 cm³/mol. The van der Waals surface area contributed by atoms with Crippen LogP contribution in [0.2, 0.25) is 0 Å². The van der Waals surface area contributed by atoms with Crippen molar-refractivity contribution >= 4 is 22.8 Å². The van der Waals surface area contributed by atoms with Crippen LogP contribution in [0.5, 0.6) is 0 Å². The van der Waals surface area contributed by atoms with Gasteiger partial charge < -0.3 is 20.4 Å². The number of nitrogens with zero attached hydrogens (tertiary/aromatic N) is 3. The number of rotatable bonds is 12. The van der Waals surface area contributed by atoms with E-state index in [1.807, 2.05) is 19.9 Å². The fourth-order valence-electron chi connectivity index (χ4n) is 5.43. The lowest BCUT2D eigenvalue weighted by Gasteiger charge is -2.34. The third-order valence-electron chi connectivity index (χ3n) is 8.26. The molecule has 0 unspecified atom stereocenters. The van der Waals surface area contributed by atoms with E-state index >= 15 is 0 Å². The van der Waals surface area contributed by atoms with E-state index in [1.165, 1.54) is 16.9 Å². The Kier molecular flexibility index (Phi) is 8.51. The first kappa shape index (κ1) is 31.9. The fourth-order valence-corrected chi connectivity index (χ4v) is 5.43. The summed E-state index contributed by atoms with van der Waals surface area (Å²) in [7, 11) is 0. The van der Waals surface area contributed by atoms with Crippen LogP contribution in [-0.4, -0.2) is 55.9 Å². The zero-order chi connectivity index (χ0) is 32.0. The minimum Gasteiger partial charge on any atom is -0.364 e. The van der Waals surface area contributed by atoms with Crippen molar-refractivity contribution in [3.05, 3.63) is 47.5 Å². The van der Waals surface area contributed by atoms with Crippen LogP contribution in [0.15, 0.2) is 30.5 Å². The van der Waals surface area contributed by atoms with Crippen molar-refractivity contribution < 1.29 is 36.3 Å². The van der Waals surface area contributed by atoms with E-state index in [1.54, 1.807) is 12.1 Å². The quantitative estimate of drug-likeness (QED) is 0.209. The predicted octanol–water partition coefficient (Wildman–Crippen LogP) is 6.17. The van der Waals surface area contributed by atoms with Gasteiger partial charge in [0, 0.05) is 31.5 Å². The van der Waals surface area contributed by atoms with E-state index in [2.05, 4.69) is 25.7 Å². The molecule has 3 N–H and O–H groups in total. The molecule has 1 aromatic carbocycles. The molecule has 0 bridgehead atoms. The van der Waals surface area contributed by atoms with Crippen LogP contribution in [0, 0.1) is 11.8 Å². The molecule has 2 saturated carbocycles. The molecule has 2 aliphatic carbocycles. The topological polar surface area (TPSA) is 114 Å². The number of alkyl halides is 5. The Hall–Kier alpha value is -3.55. The molecule has 0 aliphatic heterocycles. The van der Waals surface area contributed by atoms with Crippen molar-refractivity contribution in [2.24, 2.45) is 11.8 Å². The number of carbonyl (C=O) groups excluding carboxylic acids is 2. The highest BCUT2D eigenvalue weighted by atomic mass is 19.4. The Bertz CT molecular complexity index is 1500. The van der Waals surface area contributed by atoms with Crippen LogP contribution in [0.25, 0.3) is 11.0 Å². The summed E-state index contributed by atoms with van der Waals surface area (Å²) in [6.07, 6.45) is -1.88. The normalized spacial score (nSPS) is 18.7. The van der Waals surface area contributed by atoms with Crippen LogP contribution >= 0.6 is 0 Å². The van der Waals surface area contributed by atoms with Gasteiger partial charge in [-0.2, -0.15) is 18.3 Å². The number of imidazole rings is 1. The maximum absolute atomic E-state index is 13.6. The summed E-state index contributed by atoms with van der Waals surface area (Å²) in [5.74, 6) is -3.46. The molecule has 0 saturated heterocycles. The number of benzene rings is 1. The summed E-state index contributed by atoms with van der Waals surface area (Å²) in [5, 5.41) is 9.91. The highest BCUT2D eigenvalue weighted by molar-refractivity contribution is 5.92. The van der Waals surface area contributed by atoms with E-state index in [0.717, 1.165) is 32.3 Å². The molecule has 14 heteroatoms. The lowest BCUT2D eigenvalue weighted by Crippen LogP contribution is -2.44. The average Bonchev–Trinajstić information content (AvgIpc) is 3.45. The zero-order valence-electron chi connectivity index (χ0n) is 25.0. The standard InChI is InChI=1S/C30H37F5N6O3/c1-16(2)41-23(9-10-36-41)27(43)39-22(15-44-28(3,4)30(33,34)35)26-37-20-8-7-19(12-21(20)38-26)25(18-5-6-18)40-24(42)11-17-13-29(31,32)14-17/h7-10,12,16-18,22,25H,5-6,11,13-15H2,1-4H3,(H,37,38)(H,39,43)(H,40,42)/t22-,25-/m1/s1. The Labute approximate surface area is 251 Å². The Morgan fingerprint density at radius 3 is 2.45 bits per heavy atom. The third kappa shape index (κ3) is 7.05. The van der Waals surface area contributed by atoms with E-state index in [9.17, 15) is 31.5 Å². The molecule has 44 heavy (non-hydrogen) atoms. The van der Waals surface area contributed by atoms with Crippen molar-refractivity contribution in [3.8, 4) is 0 Å². The number of H-pyrrole nitrogens is 1. The molecular weight excluding hydrogens is 587 g/mol. The zero-order valence-corrected chi connectivity index (χ0v) is 25.0. The summed E-state index contributed by atoms with van der Waals surface area (Å²) < 4.78 is 74.0. The van der Waals surface area contributed by atoms with Crippen molar-refractivity contribution in [2.75, 3.05) is 6.61 Å². The van der Waals surface area contributed by atoms with Gasteiger partial charge in [0.15, 0.2) is 5.60 Å². The van der Waals surface area contributed by atoms with Gasteiger partial charge in [-0.1, -0.05) is 6.07 Å². The molecule has 3 aromatic rings. The number of amides is 2. The number of halogens is 5. The van der Waals surface area contributed by atoms with Gasteiger partial charge in [0.25, 0.3) is 5.91 Å². The molecule has 2 atom stereocenters. The molecule has 2 heterocycles. The molecular formula is C30H37F5N6O3. The molecule has 9 nitrogen and oxygen atoms in total. The van der Waals surface area contributed by atoms with Crippen molar-refractivity contribution in [3.63, 3.8) is 0 Å². The van der Waals surface area contributed by atoms with Crippen LogP contribution < -0.4 is 10.6 Å². The van der Waals surface area contributed by atoms with Crippen LogP contribution in [-0.2, 0) is 9.53 Å². The van der Waals surface area contributed by atoms with Gasteiger partial charge in [0.05, 0.1) is 23.7 Å². The summed E-state index contributed by atoms with van der Waals surface area (Å²) in [4.78, 5) is 33.6. The van der Waals surface area contributed by atoms with Gasteiger partial charge in [-0.15, -0.1) is 0 Å². The first-order chi connectivity index (χ1) is 20.5. The monoisotopic (exact) mass is 624 g/mol. The Morgan fingerprint density at radius 1 is 1.14 bits per heavy atom. The van der Waals surface area contributed by atoms with E-state index in [-0.39, 0.29) is 60.6 Å². The van der Waals surface area contributed by atoms with Gasteiger partial charge in [-0.25, -0.2) is 13.8 Å². The SMILES string of the molecule is CC(C)n1nccc1C(=O)N[C@H](COC(C)(C)C(F)(F)F)c1nc2ccc([C@H](NC(=O)CC3CC(F)(F)C3)C3CC3)cc2[nH]1. The minimum absolute atomic E-state index is 0.0423. The summed E-state index contributed by atoms with van der Waals surface area (Å²) in [6, 6.07) is 5.33. The second kappa shape index (κ2) is 11.8. The van der Waals surface area contributed by atoms with Gasteiger partial charge >= 0.3 is 6.18 Å². The number of ether oxygens (including phenoxy) is 1. The van der Waals surface area contributed by atoms with Crippen molar-refractivity contribution in [1.29, 1.82) is 0 Å². The van der Waals surface area contributed by atoms with E-state index < -0.39 is 36.3 Å². The number of hydrogen-bond donors (Lipinski definition) is 3. The number of carbonyl (C=O) groups is 2. The number of fused-ring (bicyclic) bond motifs is 1. The van der Waals surface area contributed by atoms with Gasteiger partial charge in [0.1, 0.15) is 17.6 Å². The van der Waals surface area contributed by atoms with Crippen molar-refractivity contribution in [1.82, 2.24) is 30.4 Å². The second-order valence-electron chi connectivity index (χ2n) is 12.7. The number of hydrogen-bond acceptors (Lipinski definition) is 5. The smallest absolute Gasteiger partial charge is 0.364 e. The lowest BCUT2D eigenvalue weighted by molar-refractivity contribution is -0.265. The summed E-state index contributed by atoms with van der Waals surface area (Å²) in [6.45, 7) is 4.98. The van der Waals surface area contributed by atoms with Gasteiger partial charge in [-0.3, -0.25) is 14.3 Å². The molecule has 2 aliphatic rings. The first-order valence-corrected chi connectivity index (χ1v) is 14.7. The van der Waals surface area contributed by atoms with Gasteiger partial charge in [-0.05, 0) is 76.1 Å². The van der Waals surface area contributed by atoms with Crippen molar-refractivity contribution in [2.45, 2.75) is 95.6 Å². The summed E-state index contributed by atoms with van der Waals surface area (Å²) in [5.41, 5.74) is -0.411. The van der Waals surface area contributed by atoms with Crippen LogP contribution in [0.3, 0.4) is 0 Å². The highest BCUT2D eigenvalue weighted by Gasteiger charge is 2.49. The molecule has 0 spiro atoms. The highest BCUT2D eigenvalue weighted by Crippen LogP contribution is 2.45. The third-order valence-corrected chi connectivity index (χ3v) is 8.26. The molecule has 240 valence electrons. The van der Waals surface area contributed by atoms with E-state index in [4.69, 9.17) is 4.74 Å². The fraction of sp³-hybridized carbons (Fsp3) is 0.600. The molecule has 2 fully saturated rings. The number of aromatic amines is 1. The maximum atomic E-state index is 13.6. The second-order valence-corrected chi connectivity index (χ2v) is 12.7. The van der Waals surface area contributed by atoms with E-state index in [0.29, 0.717) is 11.0 Å². The summed E-state index contributed by atoms with van der Waals surface area (Å²) >= 11 is 0. The average molecular weight is 625 g/mol. The largest absolute Gasteiger partial charge is 0.416 e. The van der Waals surface area contributed by atoms with Gasteiger partial charge in [0.2, 0.25) is 11.8 Å². The Morgan fingerprint density at radius 2 is 1.84 bits per heavy atom.